The third-order valence-electron chi connectivity index (χ3n) is 3.70. The smallest absolute Gasteiger partial charge is 0.267 e. The molecule has 1 aliphatic heterocycles. The molecule has 1 N–H and O–H groups in total. The summed E-state index contributed by atoms with van der Waals surface area (Å²) in [7, 11) is -3.69. The van der Waals surface area contributed by atoms with Crippen LogP contribution >= 0.6 is 11.3 Å². The van der Waals surface area contributed by atoms with Crippen molar-refractivity contribution >= 4 is 33.0 Å². The molecular weight excluding hydrogens is 348 g/mol. The quantitative estimate of drug-likeness (QED) is 0.901. The first-order chi connectivity index (χ1) is 11.5. The number of thiophene rings is 1. The predicted molar refractivity (Wildman–Crippen MR) is 93.0 cm³/mol. The second-order valence-corrected chi connectivity index (χ2v) is 8.28. The second kappa shape index (κ2) is 7.02. The lowest BCUT2D eigenvalue weighted by molar-refractivity contribution is 0.0730. The molecule has 6 nitrogen and oxygen atoms in total. The maximum atomic E-state index is 12.8. The number of hydrogen-bond donors (Lipinski definition) is 1. The number of hydrogen-bond acceptors (Lipinski definition) is 5. The topological polar surface area (TPSA) is 75.7 Å². The highest BCUT2D eigenvalue weighted by atomic mass is 32.2. The molecule has 1 saturated heterocycles. The van der Waals surface area contributed by atoms with E-state index in [4.69, 9.17) is 4.74 Å². The van der Waals surface area contributed by atoms with Crippen LogP contribution in [-0.4, -0.2) is 44.9 Å². The minimum atomic E-state index is -3.69. The lowest BCUT2D eigenvalue weighted by Crippen LogP contribution is -2.41. The van der Waals surface area contributed by atoms with E-state index in [2.05, 4.69) is 5.32 Å². The van der Waals surface area contributed by atoms with Crippen molar-refractivity contribution < 1.29 is 17.9 Å². The minimum absolute atomic E-state index is 0.0551. The summed E-state index contributed by atoms with van der Waals surface area (Å²) in [5, 5.41) is 4.39. The first kappa shape index (κ1) is 17.1. The summed E-state index contributed by atoms with van der Waals surface area (Å²) in [5.74, 6) is -0.414. The molecule has 128 valence electrons. The number of rotatable bonds is 4. The van der Waals surface area contributed by atoms with E-state index in [1.54, 1.807) is 11.4 Å². The van der Waals surface area contributed by atoms with Crippen LogP contribution in [0.1, 0.15) is 15.2 Å². The van der Waals surface area contributed by atoms with Gasteiger partial charge in [0.15, 0.2) is 0 Å². The van der Waals surface area contributed by atoms with Crippen molar-refractivity contribution in [1.29, 1.82) is 0 Å². The van der Waals surface area contributed by atoms with Gasteiger partial charge in [0.05, 0.1) is 13.2 Å². The molecule has 2 heterocycles. The summed E-state index contributed by atoms with van der Waals surface area (Å²) in [6.45, 7) is 3.27. The zero-order valence-corrected chi connectivity index (χ0v) is 14.8. The van der Waals surface area contributed by atoms with Gasteiger partial charge in [0.2, 0.25) is 10.0 Å². The van der Waals surface area contributed by atoms with E-state index in [-0.39, 0.29) is 9.77 Å². The van der Waals surface area contributed by atoms with Crippen LogP contribution in [0, 0.1) is 6.92 Å². The summed E-state index contributed by atoms with van der Waals surface area (Å²) < 4.78 is 32.1. The Morgan fingerprint density at radius 2 is 2.00 bits per heavy atom. The number of nitrogens with one attached hydrogen (secondary N) is 1. The number of anilines is 1. The van der Waals surface area contributed by atoms with Crippen molar-refractivity contribution in [3.8, 4) is 0 Å². The van der Waals surface area contributed by atoms with Gasteiger partial charge in [-0.05, 0) is 36.1 Å². The Balaban J connectivity index is 1.85. The molecule has 1 fully saturated rings. The maximum Gasteiger partial charge on any atom is 0.267 e. The molecule has 0 atom stereocenters. The molecule has 0 radical (unpaired) electrons. The summed E-state index contributed by atoms with van der Waals surface area (Å²) >= 11 is 1.12. The van der Waals surface area contributed by atoms with Crippen LogP contribution in [0.15, 0.2) is 40.6 Å². The standard InChI is InChI=1S/C16H18N2O4S2/c1-12-3-2-4-13(11-12)17-16(19)15-14(5-10-23-15)24(20,21)18-6-8-22-9-7-18/h2-5,10-11H,6-9H2,1H3,(H,17,19). The zero-order chi connectivity index (χ0) is 17.2. The van der Waals surface area contributed by atoms with Crippen molar-refractivity contribution in [2.75, 3.05) is 31.6 Å². The fraction of sp³-hybridized carbons (Fsp3) is 0.312. The Kier molecular flexibility index (Phi) is 5.00. The van der Waals surface area contributed by atoms with Crippen LogP contribution < -0.4 is 5.32 Å². The molecule has 1 aliphatic rings. The van der Waals surface area contributed by atoms with Gasteiger partial charge < -0.3 is 10.1 Å². The van der Waals surface area contributed by atoms with Crippen LogP contribution in [0.4, 0.5) is 5.69 Å². The van der Waals surface area contributed by atoms with Gasteiger partial charge in [-0.25, -0.2) is 8.42 Å². The monoisotopic (exact) mass is 366 g/mol. The van der Waals surface area contributed by atoms with Crippen molar-refractivity contribution in [3.05, 3.63) is 46.2 Å². The molecule has 24 heavy (non-hydrogen) atoms. The highest BCUT2D eigenvalue weighted by Gasteiger charge is 2.31. The van der Waals surface area contributed by atoms with Gasteiger partial charge >= 0.3 is 0 Å². The zero-order valence-electron chi connectivity index (χ0n) is 13.2. The number of morpholine rings is 1. The predicted octanol–water partition coefficient (Wildman–Crippen LogP) is 2.33. The normalized spacial score (nSPS) is 16.0. The fourth-order valence-electron chi connectivity index (χ4n) is 2.50. The first-order valence-corrected chi connectivity index (χ1v) is 9.84. The van der Waals surface area contributed by atoms with E-state index in [1.165, 1.54) is 10.4 Å². The van der Waals surface area contributed by atoms with E-state index < -0.39 is 15.9 Å². The van der Waals surface area contributed by atoms with E-state index in [0.29, 0.717) is 32.0 Å². The molecule has 1 amide bonds. The summed E-state index contributed by atoms with van der Waals surface area (Å²) in [4.78, 5) is 12.8. The Morgan fingerprint density at radius 3 is 2.71 bits per heavy atom. The Bertz CT molecular complexity index is 839. The minimum Gasteiger partial charge on any atom is -0.379 e. The van der Waals surface area contributed by atoms with E-state index in [0.717, 1.165) is 16.9 Å². The van der Waals surface area contributed by atoms with Gasteiger partial charge in [-0.15, -0.1) is 11.3 Å². The van der Waals surface area contributed by atoms with Crippen LogP contribution in [0.5, 0.6) is 0 Å². The van der Waals surface area contributed by atoms with E-state index in [1.807, 2.05) is 25.1 Å². The summed E-state index contributed by atoms with van der Waals surface area (Å²) in [6.07, 6.45) is 0. The second-order valence-electron chi connectivity index (χ2n) is 5.45. The third kappa shape index (κ3) is 3.51. The molecule has 3 rings (SSSR count). The number of aryl methyl sites for hydroxylation is 1. The van der Waals surface area contributed by atoms with E-state index >= 15 is 0 Å². The van der Waals surface area contributed by atoms with Gasteiger partial charge in [0.25, 0.3) is 5.91 Å². The van der Waals surface area contributed by atoms with Gasteiger partial charge in [-0.1, -0.05) is 12.1 Å². The number of carbonyl (C=O) groups is 1. The van der Waals surface area contributed by atoms with E-state index in [9.17, 15) is 13.2 Å². The number of carbonyl (C=O) groups excluding carboxylic acids is 1. The van der Waals surface area contributed by atoms with Crippen LogP contribution in [0.25, 0.3) is 0 Å². The van der Waals surface area contributed by atoms with Crippen LogP contribution in [-0.2, 0) is 14.8 Å². The lowest BCUT2D eigenvalue weighted by atomic mass is 10.2. The molecule has 0 saturated carbocycles. The molecule has 1 aromatic heterocycles. The number of sulfonamides is 1. The molecule has 0 aliphatic carbocycles. The van der Waals surface area contributed by atoms with Crippen LogP contribution in [0.2, 0.25) is 0 Å². The molecule has 8 heteroatoms. The largest absolute Gasteiger partial charge is 0.379 e. The molecule has 0 unspecified atom stereocenters. The molecule has 2 aromatic rings. The van der Waals surface area contributed by atoms with Crippen molar-refractivity contribution in [1.82, 2.24) is 4.31 Å². The SMILES string of the molecule is Cc1cccc(NC(=O)c2sccc2S(=O)(=O)N2CCOCC2)c1. The number of nitrogens with zero attached hydrogens (tertiary/aromatic N) is 1. The molecule has 0 bridgehead atoms. The Morgan fingerprint density at radius 1 is 1.25 bits per heavy atom. The van der Waals surface area contributed by atoms with Crippen LogP contribution in [0.3, 0.4) is 0 Å². The van der Waals surface area contributed by atoms with Gasteiger partial charge in [0, 0.05) is 18.8 Å². The molecule has 0 spiro atoms. The fourth-order valence-corrected chi connectivity index (χ4v) is 5.21. The summed E-state index contributed by atoms with van der Waals surface area (Å²) in [5.41, 5.74) is 1.66. The summed E-state index contributed by atoms with van der Waals surface area (Å²) in [6, 6.07) is 8.86. The highest BCUT2D eigenvalue weighted by molar-refractivity contribution is 7.89. The average molecular weight is 366 g/mol. The lowest BCUT2D eigenvalue weighted by Gasteiger charge is -2.26. The average Bonchev–Trinajstić information content (AvgIpc) is 3.06. The van der Waals surface area contributed by atoms with Gasteiger partial charge in [0.1, 0.15) is 9.77 Å². The highest BCUT2D eigenvalue weighted by Crippen LogP contribution is 2.27. The van der Waals surface area contributed by atoms with Gasteiger partial charge in [-0.3, -0.25) is 4.79 Å². The van der Waals surface area contributed by atoms with Crippen molar-refractivity contribution in [2.45, 2.75) is 11.8 Å². The first-order valence-electron chi connectivity index (χ1n) is 7.52. The Hall–Kier alpha value is -1.74. The molecular formula is C16H18N2O4S2. The maximum absolute atomic E-state index is 12.8. The van der Waals surface area contributed by atoms with Gasteiger partial charge in [-0.2, -0.15) is 4.31 Å². The number of ether oxygens (including phenoxy) is 1. The number of amides is 1. The van der Waals surface area contributed by atoms with Crippen molar-refractivity contribution in [3.63, 3.8) is 0 Å². The number of benzene rings is 1. The Labute approximate surface area is 145 Å². The van der Waals surface area contributed by atoms with Crippen molar-refractivity contribution in [2.24, 2.45) is 0 Å². The third-order valence-corrected chi connectivity index (χ3v) is 6.68. The molecule has 1 aromatic carbocycles.